The lowest BCUT2D eigenvalue weighted by atomic mass is 10.2. The zero-order valence-corrected chi connectivity index (χ0v) is 12.3. The van der Waals surface area contributed by atoms with Gasteiger partial charge in [-0.05, 0) is 24.6 Å². The van der Waals surface area contributed by atoms with Crippen molar-refractivity contribution >= 4 is 11.8 Å². The number of benzene rings is 1. The number of rotatable bonds is 6. The van der Waals surface area contributed by atoms with Crippen LogP contribution in [0.4, 0.5) is 0 Å². The highest BCUT2D eigenvalue weighted by Gasteiger charge is 2.56. The summed E-state index contributed by atoms with van der Waals surface area (Å²) in [6.45, 7) is 2.47. The van der Waals surface area contributed by atoms with Crippen molar-refractivity contribution in [1.29, 1.82) is 0 Å². The molecular weight excluding hydrogens is 282 g/mol. The average Bonchev–Trinajstić information content (AvgIpc) is 2.97. The van der Waals surface area contributed by atoms with Crippen LogP contribution in [0.15, 0.2) is 53.1 Å². The van der Waals surface area contributed by atoms with Crippen molar-refractivity contribution in [2.45, 2.75) is 25.6 Å². The van der Waals surface area contributed by atoms with E-state index in [0.29, 0.717) is 12.3 Å². The van der Waals surface area contributed by atoms with Gasteiger partial charge in [-0.15, -0.1) is 0 Å². The first-order valence-corrected chi connectivity index (χ1v) is 7.26. The van der Waals surface area contributed by atoms with Gasteiger partial charge in [0.25, 0.3) is 5.78 Å². The molecule has 3 rings (SSSR count). The summed E-state index contributed by atoms with van der Waals surface area (Å²) in [5.74, 6) is -0.600. The Kier molecular flexibility index (Phi) is 4.06. The minimum atomic E-state index is -0.778. The maximum absolute atomic E-state index is 12.2. The first-order valence-electron chi connectivity index (χ1n) is 7.26. The number of hydrogen-bond acceptors (Lipinski definition) is 5. The highest BCUT2D eigenvalue weighted by atomic mass is 16.5. The van der Waals surface area contributed by atoms with Gasteiger partial charge in [-0.25, -0.2) is 4.79 Å². The third-order valence-corrected chi connectivity index (χ3v) is 3.71. The third kappa shape index (κ3) is 2.80. The van der Waals surface area contributed by atoms with Gasteiger partial charge in [0.05, 0.1) is 18.9 Å². The van der Waals surface area contributed by atoms with Crippen molar-refractivity contribution in [2.75, 3.05) is 6.61 Å². The van der Waals surface area contributed by atoms with E-state index in [1.165, 1.54) is 0 Å². The molecule has 22 heavy (non-hydrogen) atoms. The van der Waals surface area contributed by atoms with Gasteiger partial charge in [-0.3, -0.25) is 9.69 Å². The Morgan fingerprint density at radius 1 is 1.18 bits per heavy atom. The molecule has 1 aliphatic rings. The number of furan rings is 1. The molecule has 2 heterocycles. The van der Waals surface area contributed by atoms with Gasteiger partial charge in [0.1, 0.15) is 11.8 Å². The smallest absolute Gasteiger partial charge is 0.376 e. The van der Waals surface area contributed by atoms with E-state index in [0.717, 1.165) is 5.56 Å². The fourth-order valence-electron chi connectivity index (χ4n) is 2.66. The summed E-state index contributed by atoms with van der Waals surface area (Å²) < 4.78 is 10.2. The molecule has 114 valence electrons. The predicted molar refractivity (Wildman–Crippen MR) is 78.9 cm³/mol. The molecule has 0 spiro atoms. The van der Waals surface area contributed by atoms with Crippen LogP contribution >= 0.6 is 0 Å². The van der Waals surface area contributed by atoms with Crippen molar-refractivity contribution in [2.24, 2.45) is 0 Å². The molecule has 0 saturated carbocycles. The van der Waals surface area contributed by atoms with Crippen LogP contribution in [0.5, 0.6) is 0 Å². The summed E-state index contributed by atoms with van der Waals surface area (Å²) in [5, 5.41) is 0. The van der Waals surface area contributed by atoms with Crippen LogP contribution < -0.4 is 0 Å². The second kappa shape index (κ2) is 6.15. The molecule has 3 atom stereocenters. The van der Waals surface area contributed by atoms with Gasteiger partial charge < -0.3 is 9.15 Å². The maximum Gasteiger partial charge on any atom is 0.376 e. The molecule has 1 aromatic heterocycles. The highest BCUT2D eigenvalue weighted by Crippen LogP contribution is 2.45. The molecule has 0 amide bonds. The van der Waals surface area contributed by atoms with Crippen molar-refractivity contribution in [3.63, 3.8) is 0 Å². The Hall–Kier alpha value is -2.40. The minimum absolute atomic E-state index is 0.196. The average molecular weight is 299 g/mol. The van der Waals surface area contributed by atoms with Gasteiger partial charge in [-0.1, -0.05) is 30.3 Å². The second-order valence-electron chi connectivity index (χ2n) is 5.15. The summed E-state index contributed by atoms with van der Waals surface area (Å²) in [4.78, 5) is 25.9. The first kappa shape index (κ1) is 14.5. The molecule has 1 fully saturated rings. The van der Waals surface area contributed by atoms with Crippen molar-refractivity contribution in [3.8, 4) is 0 Å². The third-order valence-electron chi connectivity index (χ3n) is 3.71. The largest absolute Gasteiger partial charge is 0.468 e. The summed E-state index contributed by atoms with van der Waals surface area (Å²) >= 11 is 0. The molecule has 0 N–H and O–H groups in total. The SMILES string of the molecule is CCOC(=O)C(=O)[C@@H]1[C@@H](c2ccco2)N1Cc1ccccc1. The van der Waals surface area contributed by atoms with Crippen LogP contribution in [0, 0.1) is 0 Å². The van der Waals surface area contributed by atoms with Crippen LogP contribution in [0.25, 0.3) is 0 Å². The summed E-state index contributed by atoms with van der Waals surface area (Å²) in [6.07, 6.45) is 1.57. The molecule has 0 radical (unpaired) electrons. The zero-order chi connectivity index (χ0) is 15.5. The van der Waals surface area contributed by atoms with Gasteiger partial charge >= 0.3 is 5.97 Å². The van der Waals surface area contributed by atoms with Crippen LogP contribution in [0.3, 0.4) is 0 Å². The number of ketones is 1. The number of ether oxygens (including phenoxy) is 1. The Morgan fingerprint density at radius 3 is 2.59 bits per heavy atom. The molecule has 1 saturated heterocycles. The van der Waals surface area contributed by atoms with Crippen LogP contribution in [0.1, 0.15) is 24.3 Å². The van der Waals surface area contributed by atoms with Gasteiger partial charge in [0.15, 0.2) is 0 Å². The number of esters is 1. The number of nitrogens with zero attached hydrogens (tertiary/aromatic N) is 1. The van der Waals surface area contributed by atoms with Crippen molar-refractivity contribution < 1.29 is 18.7 Å². The van der Waals surface area contributed by atoms with E-state index in [-0.39, 0.29) is 12.6 Å². The molecule has 0 aliphatic carbocycles. The van der Waals surface area contributed by atoms with Crippen LogP contribution in [-0.4, -0.2) is 29.3 Å². The standard InChI is InChI=1S/C17H17NO4/c1-2-21-17(20)16(19)15-14(13-9-6-10-22-13)18(15)11-12-7-4-3-5-8-12/h3-10,14-15H,2,11H2,1H3/t14-,15+,18?/m1/s1. The number of hydrogen-bond donors (Lipinski definition) is 0. The quantitative estimate of drug-likeness (QED) is 0.465. The summed E-state index contributed by atoms with van der Waals surface area (Å²) in [6, 6.07) is 12.7. The van der Waals surface area contributed by atoms with E-state index in [1.54, 1.807) is 19.3 Å². The lowest BCUT2D eigenvalue weighted by Crippen LogP contribution is -2.25. The Morgan fingerprint density at radius 2 is 1.95 bits per heavy atom. The molecule has 1 aliphatic heterocycles. The lowest BCUT2D eigenvalue weighted by Gasteiger charge is -2.03. The topological polar surface area (TPSA) is 59.5 Å². The molecule has 1 aromatic carbocycles. The van der Waals surface area contributed by atoms with Crippen LogP contribution in [0.2, 0.25) is 0 Å². The molecule has 2 aromatic rings. The van der Waals surface area contributed by atoms with E-state index < -0.39 is 17.8 Å². The Labute approximate surface area is 128 Å². The van der Waals surface area contributed by atoms with E-state index in [4.69, 9.17) is 9.15 Å². The molecule has 0 bridgehead atoms. The van der Waals surface area contributed by atoms with Gasteiger partial charge in [0.2, 0.25) is 0 Å². The second-order valence-corrected chi connectivity index (χ2v) is 5.15. The van der Waals surface area contributed by atoms with Crippen LogP contribution in [-0.2, 0) is 20.9 Å². The van der Waals surface area contributed by atoms with Gasteiger partial charge in [0, 0.05) is 6.54 Å². The normalized spacial score (nSPS) is 23.0. The maximum atomic E-state index is 12.2. The van der Waals surface area contributed by atoms with Crippen molar-refractivity contribution in [1.82, 2.24) is 4.90 Å². The lowest BCUT2D eigenvalue weighted by molar-refractivity contribution is -0.153. The predicted octanol–water partition coefficient (Wildman–Crippen LogP) is 2.34. The molecule has 5 nitrogen and oxygen atoms in total. The summed E-state index contributed by atoms with van der Waals surface area (Å²) in [5.41, 5.74) is 1.08. The molecular formula is C17H17NO4. The van der Waals surface area contributed by atoms with E-state index in [2.05, 4.69) is 0 Å². The Bertz CT molecular complexity index is 651. The first-order chi connectivity index (χ1) is 10.7. The number of carbonyl (C=O) groups excluding carboxylic acids is 2. The van der Waals surface area contributed by atoms with E-state index in [1.807, 2.05) is 41.3 Å². The van der Waals surface area contributed by atoms with Gasteiger partial charge in [-0.2, -0.15) is 0 Å². The fourth-order valence-corrected chi connectivity index (χ4v) is 2.66. The number of carbonyl (C=O) groups is 2. The monoisotopic (exact) mass is 299 g/mol. The number of Topliss-reactive ketones (excluding diaryl/α,β-unsaturated/α-hetero) is 1. The molecule has 1 unspecified atom stereocenters. The highest BCUT2D eigenvalue weighted by molar-refractivity contribution is 6.36. The fraction of sp³-hybridized carbons (Fsp3) is 0.294. The van der Waals surface area contributed by atoms with E-state index in [9.17, 15) is 9.59 Å². The minimum Gasteiger partial charge on any atom is -0.468 e. The van der Waals surface area contributed by atoms with Crippen molar-refractivity contribution in [3.05, 3.63) is 60.1 Å². The molecule has 5 heteroatoms. The summed E-state index contributed by atoms with van der Waals surface area (Å²) in [7, 11) is 0. The zero-order valence-electron chi connectivity index (χ0n) is 12.3. The van der Waals surface area contributed by atoms with E-state index >= 15 is 0 Å². The Balaban J connectivity index is 1.77.